The fourth-order valence-electron chi connectivity index (χ4n) is 4.67. The molecule has 3 rings (SSSR count). The van der Waals surface area contributed by atoms with E-state index >= 15 is 0 Å². The fourth-order valence-corrected chi connectivity index (χ4v) is 4.67. The van der Waals surface area contributed by atoms with Gasteiger partial charge in [-0.15, -0.1) is 0 Å². The van der Waals surface area contributed by atoms with Gasteiger partial charge in [0.25, 0.3) is 5.91 Å². The van der Waals surface area contributed by atoms with Gasteiger partial charge in [0, 0.05) is 37.7 Å². The van der Waals surface area contributed by atoms with E-state index in [1.807, 2.05) is 39.5 Å². The molecule has 208 valence electrons. The lowest BCUT2D eigenvalue weighted by Crippen LogP contribution is -2.57. The number of benzene rings is 1. The van der Waals surface area contributed by atoms with Crippen LogP contribution in [0.3, 0.4) is 0 Å². The first-order chi connectivity index (χ1) is 17.9. The molecule has 1 fully saturated rings. The maximum absolute atomic E-state index is 13.8. The van der Waals surface area contributed by atoms with Gasteiger partial charge in [-0.2, -0.15) is 0 Å². The number of hydrogen-bond acceptors (Lipinski definition) is 5. The molecule has 1 aromatic heterocycles. The molecule has 1 aliphatic rings. The van der Waals surface area contributed by atoms with Gasteiger partial charge in [0.05, 0.1) is 0 Å². The molecule has 9 heteroatoms. The minimum Gasteiger partial charge on any atom is -0.361 e. The smallest absolute Gasteiger partial charge is 0.276 e. The molecule has 0 aliphatic carbocycles. The van der Waals surface area contributed by atoms with Crippen molar-refractivity contribution in [1.82, 2.24) is 20.3 Å². The molecule has 3 atom stereocenters. The van der Waals surface area contributed by atoms with Crippen LogP contribution in [0.15, 0.2) is 34.9 Å². The number of aromatic nitrogens is 1. The third-order valence-electron chi connectivity index (χ3n) is 7.27. The number of likely N-dealkylation sites (tertiary alicyclic amines) is 1. The Morgan fingerprint density at radius 1 is 1.24 bits per heavy atom. The molecule has 3 amide bonds. The Labute approximate surface area is 224 Å². The highest BCUT2D eigenvalue weighted by Gasteiger charge is 2.40. The first-order valence-electron chi connectivity index (χ1n) is 13.5. The predicted octanol–water partition coefficient (Wildman–Crippen LogP) is 4.38. The quantitative estimate of drug-likeness (QED) is 0.494. The summed E-state index contributed by atoms with van der Waals surface area (Å²) in [4.78, 5) is 43.5. The first-order valence-corrected chi connectivity index (χ1v) is 13.5. The minimum absolute atomic E-state index is 0.125. The molecule has 1 aliphatic heterocycles. The lowest BCUT2D eigenvalue weighted by molar-refractivity contribution is -0.141. The summed E-state index contributed by atoms with van der Waals surface area (Å²) in [5.41, 5.74) is 0.634. The number of aryl methyl sites for hydroxylation is 1. The van der Waals surface area contributed by atoms with Crippen LogP contribution in [0.5, 0.6) is 0 Å². The molecule has 0 saturated carbocycles. The third kappa shape index (κ3) is 7.42. The Kier molecular flexibility index (Phi) is 9.68. The van der Waals surface area contributed by atoms with Gasteiger partial charge < -0.3 is 19.6 Å². The zero-order valence-corrected chi connectivity index (χ0v) is 23.4. The van der Waals surface area contributed by atoms with Crippen molar-refractivity contribution in [3.05, 3.63) is 53.2 Å². The second-order valence-electron chi connectivity index (χ2n) is 11.4. The number of hydrogen-bond donors (Lipinski definition) is 1. The number of carbonyl (C=O) groups excluding carboxylic acids is 3. The molecule has 1 N–H and O–H groups in total. The first kappa shape index (κ1) is 29.3. The van der Waals surface area contributed by atoms with Crippen LogP contribution in [-0.4, -0.2) is 64.4 Å². The summed E-state index contributed by atoms with van der Waals surface area (Å²) in [7, 11) is 0. The highest BCUT2D eigenvalue weighted by Crippen LogP contribution is 2.27. The van der Waals surface area contributed by atoms with Crippen molar-refractivity contribution in [3.63, 3.8) is 0 Å². The standard InChI is InChI=1S/C29H41FN4O4/c1-7-19(2)26(35)31-25(29(4,5)6)28(37)34-15-8-9-23(34)18-33(27(36)24-17-20(3)38-32-24)16-14-21-10-12-22(30)13-11-21/h10-13,17,19,23,25H,7-9,14-16,18H2,1-6H3,(H,31,35)/t19-,23+,25-/m1/s1. The molecule has 0 spiro atoms. The van der Waals surface area contributed by atoms with E-state index in [4.69, 9.17) is 4.52 Å². The molecule has 38 heavy (non-hydrogen) atoms. The molecular formula is C29H41FN4O4. The summed E-state index contributed by atoms with van der Waals surface area (Å²) >= 11 is 0. The fraction of sp³-hybridized carbons (Fsp3) is 0.586. The van der Waals surface area contributed by atoms with Crippen LogP contribution in [-0.2, 0) is 16.0 Å². The van der Waals surface area contributed by atoms with Crippen LogP contribution in [0.25, 0.3) is 0 Å². The van der Waals surface area contributed by atoms with E-state index in [0.29, 0.717) is 38.2 Å². The molecule has 0 bridgehead atoms. The topological polar surface area (TPSA) is 95.8 Å². The number of amides is 3. The predicted molar refractivity (Wildman–Crippen MR) is 143 cm³/mol. The second-order valence-corrected chi connectivity index (χ2v) is 11.4. The van der Waals surface area contributed by atoms with Crippen molar-refractivity contribution < 1.29 is 23.3 Å². The summed E-state index contributed by atoms with van der Waals surface area (Å²) in [6, 6.07) is 6.95. The minimum atomic E-state index is -0.675. The molecule has 1 saturated heterocycles. The number of halogens is 1. The molecule has 0 radical (unpaired) electrons. The van der Waals surface area contributed by atoms with Crippen LogP contribution < -0.4 is 5.32 Å². The zero-order chi connectivity index (χ0) is 28.0. The van der Waals surface area contributed by atoms with Crippen LogP contribution in [0.4, 0.5) is 4.39 Å². The number of carbonyl (C=O) groups is 3. The van der Waals surface area contributed by atoms with Gasteiger partial charge >= 0.3 is 0 Å². The van der Waals surface area contributed by atoms with Gasteiger partial charge in [0.2, 0.25) is 11.8 Å². The van der Waals surface area contributed by atoms with Crippen molar-refractivity contribution in [2.24, 2.45) is 11.3 Å². The van der Waals surface area contributed by atoms with E-state index in [2.05, 4.69) is 10.5 Å². The lowest BCUT2D eigenvalue weighted by Gasteiger charge is -2.37. The Morgan fingerprint density at radius 3 is 2.50 bits per heavy atom. The highest BCUT2D eigenvalue weighted by molar-refractivity contribution is 5.92. The Balaban J connectivity index is 1.80. The monoisotopic (exact) mass is 528 g/mol. The van der Waals surface area contributed by atoms with Crippen LogP contribution in [0.1, 0.15) is 75.7 Å². The molecule has 2 heterocycles. The summed E-state index contributed by atoms with van der Waals surface area (Å²) in [5.74, 6) is -0.495. The van der Waals surface area contributed by atoms with E-state index in [9.17, 15) is 18.8 Å². The summed E-state index contributed by atoms with van der Waals surface area (Å²) < 4.78 is 18.5. The summed E-state index contributed by atoms with van der Waals surface area (Å²) in [6.07, 6.45) is 2.78. The van der Waals surface area contributed by atoms with Crippen molar-refractivity contribution in [3.8, 4) is 0 Å². The van der Waals surface area contributed by atoms with Crippen LogP contribution in [0, 0.1) is 24.1 Å². The normalized spacial score (nSPS) is 17.2. The maximum atomic E-state index is 13.8. The average molecular weight is 529 g/mol. The molecule has 2 aromatic rings. The van der Waals surface area contributed by atoms with Crippen LogP contribution >= 0.6 is 0 Å². The summed E-state index contributed by atoms with van der Waals surface area (Å²) in [5, 5.41) is 6.90. The van der Waals surface area contributed by atoms with Crippen molar-refractivity contribution >= 4 is 17.7 Å². The van der Waals surface area contributed by atoms with Gasteiger partial charge in [-0.3, -0.25) is 14.4 Å². The molecular weight excluding hydrogens is 487 g/mol. The summed E-state index contributed by atoms with van der Waals surface area (Å²) in [6.45, 7) is 12.6. The van der Waals surface area contributed by atoms with Gasteiger partial charge in [-0.05, 0) is 55.7 Å². The number of rotatable bonds is 10. The Hall–Kier alpha value is -3.23. The highest BCUT2D eigenvalue weighted by atomic mass is 19.1. The van der Waals surface area contributed by atoms with E-state index in [0.717, 1.165) is 18.4 Å². The lowest BCUT2D eigenvalue weighted by atomic mass is 9.85. The average Bonchev–Trinajstić information content (AvgIpc) is 3.52. The third-order valence-corrected chi connectivity index (χ3v) is 7.27. The van der Waals surface area contributed by atoms with Gasteiger partial charge in [0.15, 0.2) is 5.69 Å². The van der Waals surface area contributed by atoms with E-state index in [-0.39, 0.29) is 41.2 Å². The van der Waals surface area contributed by atoms with Gasteiger partial charge in [0.1, 0.15) is 17.6 Å². The zero-order valence-electron chi connectivity index (χ0n) is 23.4. The van der Waals surface area contributed by atoms with E-state index in [1.54, 1.807) is 30.0 Å². The van der Waals surface area contributed by atoms with Crippen molar-refractivity contribution in [2.75, 3.05) is 19.6 Å². The number of nitrogens with one attached hydrogen (secondary N) is 1. The number of nitrogens with zero attached hydrogens (tertiary/aromatic N) is 3. The van der Waals surface area contributed by atoms with E-state index in [1.165, 1.54) is 12.1 Å². The largest absolute Gasteiger partial charge is 0.361 e. The van der Waals surface area contributed by atoms with Gasteiger partial charge in [-0.1, -0.05) is 51.9 Å². The molecule has 8 nitrogen and oxygen atoms in total. The molecule has 0 unspecified atom stereocenters. The molecule has 1 aromatic carbocycles. The van der Waals surface area contributed by atoms with Crippen molar-refractivity contribution in [1.29, 1.82) is 0 Å². The van der Waals surface area contributed by atoms with Gasteiger partial charge in [-0.25, -0.2) is 4.39 Å². The van der Waals surface area contributed by atoms with Crippen molar-refractivity contribution in [2.45, 2.75) is 79.3 Å². The van der Waals surface area contributed by atoms with E-state index < -0.39 is 11.5 Å². The Morgan fingerprint density at radius 2 is 1.92 bits per heavy atom. The van der Waals surface area contributed by atoms with Crippen LogP contribution in [0.2, 0.25) is 0 Å². The SMILES string of the molecule is CC[C@@H](C)C(=O)N[C@H](C(=O)N1CCC[C@H]1CN(CCc1ccc(F)cc1)C(=O)c1cc(C)on1)C(C)(C)C. The Bertz CT molecular complexity index is 1110. The maximum Gasteiger partial charge on any atom is 0.276 e. The second kappa shape index (κ2) is 12.5.